The van der Waals surface area contributed by atoms with Crippen molar-refractivity contribution in [3.8, 4) is 0 Å². The Kier molecular flexibility index (Phi) is 8.38. The molecule has 0 aromatic carbocycles. The van der Waals surface area contributed by atoms with Crippen molar-refractivity contribution in [2.45, 2.75) is 53.0 Å². The van der Waals surface area contributed by atoms with E-state index in [1.54, 1.807) is 0 Å². The number of esters is 1. The Morgan fingerprint density at radius 2 is 1.80 bits per heavy atom. The van der Waals surface area contributed by atoms with Crippen LogP contribution in [0.1, 0.15) is 47.0 Å². The van der Waals surface area contributed by atoms with Crippen molar-refractivity contribution in [2.24, 2.45) is 0 Å². The number of hydrogen-bond donors (Lipinski definition) is 0. The zero-order chi connectivity index (χ0) is 11.7. The third kappa shape index (κ3) is 5.17. The van der Waals surface area contributed by atoms with Gasteiger partial charge in [-0.05, 0) is 26.4 Å². The lowest BCUT2D eigenvalue weighted by Crippen LogP contribution is -2.42. The summed E-state index contributed by atoms with van der Waals surface area (Å²) < 4.78 is 5.11. The first kappa shape index (κ1) is 14.4. The van der Waals surface area contributed by atoms with Crippen LogP contribution in [-0.2, 0) is 9.53 Å². The van der Waals surface area contributed by atoms with Gasteiger partial charge in [0.2, 0.25) is 0 Å². The van der Waals surface area contributed by atoms with E-state index in [1.807, 2.05) is 6.92 Å². The summed E-state index contributed by atoms with van der Waals surface area (Å²) in [6.07, 6.45) is 3.12. The van der Waals surface area contributed by atoms with Crippen molar-refractivity contribution in [1.29, 1.82) is 0 Å². The molecule has 0 aliphatic rings. The lowest BCUT2D eigenvalue weighted by molar-refractivity contribution is -0.149. The molecule has 0 spiro atoms. The van der Waals surface area contributed by atoms with Gasteiger partial charge in [0.15, 0.2) is 0 Å². The molecular weight excluding hydrogens is 190 g/mol. The monoisotopic (exact) mass is 215 g/mol. The minimum absolute atomic E-state index is 0.0418. The first-order valence-corrected chi connectivity index (χ1v) is 6.11. The number of nitrogens with zero attached hydrogens (tertiary/aromatic N) is 1. The van der Waals surface area contributed by atoms with Gasteiger partial charge >= 0.3 is 5.97 Å². The maximum Gasteiger partial charge on any atom is 0.323 e. The minimum atomic E-state index is -0.0605. The zero-order valence-electron chi connectivity index (χ0n) is 10.6. The largest absolute Gasteiger partial charge is 0.465 e. The van der Waals surface area contributed by atoms with Crippen LogP contribution in [0.2, 0.25) is 0 Å². The highest BCUT2D eigenvalue weighted by atomic mass is 16.5. The standard InChI is InChI=1S/C12H25NO2/c1-5-9-10-11(12(14)15-8-4)13(6-2)7-3/h11H,5-10H2,1-4H3. The van der Waals surface area contributed by atoms with Crippen LogP contribution in [0.4, 0.5) is 0 Å². The fraction of sp³-hybridized carbons (Fsp3) is 0.917. The highest BCUT2D eigenvalue weighted by molar-refractivity contribution is 5.75. The zero-order valence-corrected chi connectivity index (χ0v) is 10.6. The second kappa shape index (κ2) is 8.72. The summed E-state index contributed by atoms with van der Waals surface area (Å²) in [5.41, 5.74) is 0. The number of carbonyl (C=O) groups is 1. The maximum absolute atomic E-state index is 11.7. The van der Waals surface area contributed by atoms with Crippen molar-refractivity contribution >= 4 is 5.97 Å². The molecule has 0 saturated carbocycles. The molecule has 90 valence electrons. The van der Waals surface area contributed by atoms with E-state index in [4.69, 9.17) is 4.74 Å². The average molecular weight is 215 g/mol. The normalized spacial score (nSPS) is 12.9. The van der Waals surface area contributed by atoms with Crippen LogP contribution < -0.4 is 0 Å². The van der Waals surface area contributed by atoms with E-state index in [1.165, 1.54) is 0 Å². The predicted octanol–water partition coefficient (Wildman–Crippen LogP) is 2.45. The van der Waals surface area contributed by atoms with Gasteiger partial charge in [0.1, 0.15) is 6.04 Å². The lowest BCUT2D eigenvalue weighted by Gasteiger charge is -2.27. The molecule has 0 aromatic heterocycles. The Labute approximate surface area is 93.8 Å². The molecule has 0 N–H and O–H groups in total. The van der Waals surface area contributed by atoms with E-state index in [-0.39, 0.29) is 12.0 Å². The van der Waals surface area contributed by atoms with Gasteiger partial charge in [-0.1, -0.05) is 33.6 Å². The minimum Gasteiger partial charge on any atom is -0.465 e. The van der Waals surface area contributed by atoms with Crippen LogP contribution in [0, 0.1) is 0 Å². The molecule has 0 rings (SSSR count). The van der Waals surface area contributed by atoms with Crippen molar-refractivity contribution in [2.75, 3.05) is 19.7 Å². The molecule has 1 unspecified atom stereocenters. The molecule has 1 atom stereocenters. The number of unbranched alkanes of at least 4 members (excludes halogenated alkanes) is 1. The highest BCUT2D eigenvalue weighted by Crippen LogP contribution is 2.10. The Bertz CT molecular complexity index is 167. The number of hydrogen-bond acceptors (Lipinski definition) is 3. The third-order valence-corrected chi connectivity index (χ3v) is 2.64. The van der Waals surface area contributed by atoms with Crippen molar-refractivity contribution in [1.82, 2.24) is 4.90 Å². The molecule has 0 bridgehead atoms. The van der Waals surface area contributed by atoms with Gasteiger partial charge in [-0.2, -0.15) is 0 Å². The summed E-state index contributed by atoms with van der Waals surface area (Å²) in [7, 11) is 0. The van der Waals surface area contributed by atoms with E-state index < -0.39 is 0 Å². The number of rotatable bonds is 8. The van der Waals surface area contributed by atoms with Crippen molar-refractivity contribution in [3.63, 3.8) is 0 Å². The molecule has 0 amide bonds. The van der Waals surface area contributed by atoms with Gasteiger partial charge in [-0.15, -0.1) is 0 Å². The molecule has 15 heavy (non-hydrogen) atoms. The van der Waals surface area contributed by atoms with Crippen LogP contribution in [0.5, 0.6) is 0 Å². The van der Waals surface area contributed by atoms with E-state index in [0.29, 0.717) is 6.61 Å². The Morgan fingerprint density at radius 1 is 1.20 bits per heavy atom. The van der Waals surface area contributed by atoms with Gasteiger partial charge in [0.05, 0.1) is 6.61 Å². The molecule has 0 radical (unpaired) electrons. The number of ether oxygens (including phenoxy) is 1. The van der Waals surface area contributed by atoms with E-state index in [0.717, 1.165) is 32.4 Å². The van der Waals surface area contributed by atoms with Crippen LogP contribution in [-0.4, -0.2) is 36.6 Å². The topological polar surface area (TPSA) is 29.5 Å². The van der Waals surface area contributed by atoms with Gasteiger partial charge in [-0.3, -0.25) is 9.69 Å². The second-order valence-electron chi connectivity index (χ2n) is 3.63. The summed E-state index contributed by atoms with van der Waals surface area (Å²) in [6, 6.07) is -0.0418. The predicted molar refractivity (Wildman–Crippen MR) is 62.9 cm³/mol. The molecule has 0 aromatic rings. The summed E-state index contributed by atoms with van der Waals surface area (Å²) in [6.45, 7) is 10.5. The summed E-state index contributed by atoms with van der Waals surface area (Å²) in [4.78, 5) is 13.9. The third-order valence-electron chi connectivity index (χ3n) is 2.64. The number of carbonyl (C=O) groups excluding carboxylic acids is 1. The van der Waals surface area contributed by atoms with Crippen LogP contribution in [0.3, 0.4) is 0 Å². The molecule has 0 saturated heterocycles. The smallest absolute Gasteiger partial charge is 0.323 e. The van der Waals surface area contributed by atoms with E-state index in [2.05, 4.69) is 25.7 Å². The molecule has 0 heterocycles. The van der Waals surface area contributed by atoms with E-state index in [9.17, 15) is 4.79 Å². The van der Waals surface area contributed by atoms with Crippen molar-refractivity contribution < 1.29 is 9.53 Å². The molecule has 0 fully saturated rings. The second-order valence-corrected chi connectivity index (χ2v) is 3.63. The SMILES string of the molecule is CCCCC(C(=O)OCC)N(CC)CC. The van der Waals surface area contributed by atoms with Crippen molar-refractivity contribution in [3.05, 3.63) is 0 Å². The quantitative estimate of drug-likeness (QED) is 0.582. The van der Waals surface area contributed by atoms with Crippen LogP contribution >= 0.6 is 0 Å². The molecule has 0 aliphatic carbocycles. The number of likely N-dealkylation sites (N-methyl/N-ethyl adjacent to an activating group) is 1. The Morgan fingerprint density at radius 3 is 2.20 bits per heavy atom. The summed E-state index contributed by atoms with van der Waals surface area (Å²) in [5.74, 6) is -0.0605. The lowest BCUT2D eigenvalue weighted by atomic mass is 10.1. The van der Waals surface area contributed by atoms with Gasteiger partial charge in [-0.25, -0.2) is 0 Å². The Balaban J connectivity index is 4.33. The van der Waals surface area contributed by atoms with Gasteiger partial charge in [0.25, 0.3) is 0 Å². The molecular formula is C12H25NO2. The van der Waals surface area contributed by atoms with Gasteiger partial charge < -0.3 is 4.74 Å². The molecule has 3 nitrogen and oxygen atoms in total. The summed E-state index contributed by atoms with van der Waals surface area (Å²) >= 11 is 0. The Hall–Kier alpha value is -0.570. The van der Waals surface area contributed by atoms with Gasteiger partial charge in [0, 0.05) is 0 Å². The highest BCUT2D eigenvalue weighted by Gasteiger charge is 2.24. The molecule has 3 heteroatoms. The maximum atomic E-state index is 11.7. The fourth-order valence-electron chi connectivity index (χ4n) is 1.75. The van der Waals surface area contributed by atoms with E-state index >= 15 is 0 Å². The first-order valence-electron chi connectivity index (χ1n) is 6.11. The summed E-state index contributed by atoms with van der Waals surface area (Å²) in [5, 5.41) is 0. The fourth-order valence-corrected chi connectivity index (χ4v) is 1.75. The average Bonchev–Trinajstić information content (AvgIpc) is 2.24. The van der Waals surface area contributed by atoms with Crippen LogP contribution in [0.25, 0.3) is 0 Å². The molecule has 0 aliphatic heterocycles. The first-order chi connectivity index (χ1) is 7.21. The van der Waals surface area contributed by atoms with Crippen LogP contribution in [0.15, 0.2) is 0 Å².